The molecule has 0 saturated carbocycles. The third-order valence-corrected chi connectivity index (χ3v) is 4.20. The molecule has 1 amide bonds. The number of pyridine rings is 1. The van der Waals surface area contributed by atoms with E-state index in [1.165, 1.54) is 0 Å². The number of carbonyl (C=O) groups is 1. The number of nitrogens with zero attached hydrogens (tertiary/aromatic N) is 2. The maximum Gasteiger partial charge on any atom is 0.251 e. The van der Waals surface area contributed by atoms with E-state index in [2.05, 4.69) is 15.3 Å². The lowest BCUT2D eigenvalue weighted by Crippen LogP contribution is -2.22. The quantitative estimate of drug-likeness (QED) is 0.580. The van der Waals surface area contributed by atoms with Gasteiger partial charge in [-0.05, 0) is 48.0 Å². The second-order valence-electron chi connectivity index (χ2n) is 5.75. The summed E-state index contributed by atoms with van der Waals surface area (Å²) in [6.07, 6.45) is 3.36. The number of oxazole rings is 1. The molecule has 0 spiro atoms. The van der Waals surface area contributed by atoms with Crippen molar-refractivity contribution in [1.29, 1.82) is 0 Å². The minimum absolute atomic E-state index is 0.177. The summed E-state index contributed by atoms with van der Waals surface area (Å²) in [5.74, 6) is 0.324. The molecule has 6 heteroatoms. The minimum Gasteiger partial charge on any atom is -0.436 e. The van der Waals surface area contributed by atoms with Crippen LogP contribution in [0.25, 0.3) is 22.6 Å². The normalized spacial score (nSPS) is 10.8. The molecule has 0 fully saturated rings. The molecule has 128 valence electrons. The van der Waals surface area contributed by atoms with Crippen LogP contribution in [0.15, 0.2) is 71.4 Å². The fourth-order valence-electron chi connectivity index (χ4n) is 2.57. The van der Waals surface area contributed by atoms with Crippen molar-refractivity contribution in [1.82, 2.24) is 15.3 Å². The molecule has 2 aromatic heterocycles. The van der Waals surface area contributed by atoms with Gasteiger partial charge in [-0.25, -0.2) is 4.98 Å². The van der Waals surface area contributed by atoms with Gasteiger partial charge in [-0.3, -0.25) is 9.78 Å². The van der Waals surface area contributed by atoms with Crippen molar-refractivity contribution < 1.29 is 9.21 Å². The Morgan fingerprint density at radius 3 is 2.58 bits per heavy atom. The highest BCUT2D eigenvalue weighted by atomic mass is 35.5. The Balaban J connectivity index is 1.53. The summed E-state index contributed by atoms with van der Waals surface area (Å²) in [4.78, 5) is 20.8. The molecule has 1 N–H and O–H groups in total. The molecule has 2 aromatic carbocycles. The average Bonchev–Trinajstić information content (AvgIpc) is 3.11. The Morgan fingerprint density at radius 2 is 1.81 bits per heavy atom. The van der Waals surface area contributed by atoms with Crippen LogP contribution in [0.5, 0.6) is 0 Å². The minimum atomic E-state index is -0.177. The summed E-state index contributed by atoms with van der Waals surface area (Å²) >= 11 is 5.86. The second-order valence-corrected chi connectivity index (χ2v) is 6.18. The van der Waals surface area contributed by atoms with Crippen molar-refractivity contribution in [2.45, 2.75) is 6.54 Å². The van der Waals surface area contributed by atoms with Crippen molar-refractivity contribution in [3.05, 3.63) is 83.1 Å². The Morgan fingerprint density at radius 1 is 1.04 bits per heavy atom. The first-order chi connectivity index (χ1) is 12.7. The van der Waals surface area contributed by atoms with Crippen LogP contribution >= 0.6 is 11.6 Å². The van der Waals surface area contributed by atoms with Gasteiger partial charge < -0.3 is 9.73 Å². The number of amides is 1. The lowest BCUT2D eigenvalue weighted by atomic mass is 10.2. The number of hydrogen-bond donors (Lipinski definition) is 1. The number of rotatable bonds is 4. The highest BCUT2D eigenvalue weighted by molar-refractivity contribution is 6.30. The first-order valence-corrected chi connectivity index (χ1v) is 8.40. The van der Waals surface area contributed by atoms with Gasteiger partial charge in [0.2, 0.25) is 5.89 Å². The van der Waals surface area contributed by atoms with Crippen LogP contribution in [0.4, 0.5) is 0 Å². The van der Waals surface area contributed by atoms with Gasteiger partial charge >= 0.3 is 0 Å². The fourth-order valence-corrected chi connectivity index (χ4v) is 2.70. The van der Waals surface area contributed by atoms with Crippen LogP contribution in [0.3, 0.4) is 0 Å². The standard InChI is InChI=1S/C20H14ClN3O2/c21-16-4-1-13(2-5-16)12-23-19(25)15-3-6-17-18(11-15)26-20(24-17)14-7-9-22-10-8-14/h1-11H,12H2,(H,23,25). The number of hydrogen-bond acceptors (Lipinski definition) is 4. The molecule has 0 aliphatic heterocycles. The summed E-state index contributed by atoms with van der Waals surface area (Å²) in [5.41, 5.74) is 3.60. The van der Waals surface area contributed by atoms with Gasteiger partial charge in [-0.15, -0.1) is 0 Å². The number of halogens is 1. The van der Waals surface area contributed by atoms with E-state index in [0.29, 0.717) is 34.1 Å². The van der Waals surface area contributed by atoms with Gasteiger partial charge in [0.25, 0.3) is 5.91 Å². The first kappa shape index (κ1) is 16.3. The van der Waals surface area contributed by atoms with E-state index in [9.17, 15) is 4.79 Å². The summed E-state index contributed by atoms with van der Waals surface area (Å²) < 4.78 is 5.79. The summed E-state index contributed by atoms with van der Waals surface area (Å²) in [7, 11) is 0. The lowest BCUT2D eigenvalue weighted by molar-refractivity contribution is 0.0951. The zero-order valence-electron chi connectivity index (χ0n) is 13.6. The van der Waals surface area contributed by atoms with Gasteiger partial charge in [-0.1, -0.05) is 23.7 Å². The molecule has 0 unspecified atom stereocenters. The fraction of sp³-hybridized carbons (Fsp3) is 0.0500. The molecule has 0 aliphatic carbocycles. The number of benzene rings is 2. The molecule has 4 rings (SSSR count). The maximum absolute atomic E-state index is 12.4. The Kier molecular flexibility index (Phi) is 4.37. The van der Waals surface area contributed by atoms with Gasteiger partial charge in [0, 0.05) is 35.1 Å². The average molecular weight is 364 g/mol. The van der Waals surface area contributed by atoms with Crippen molar-refractivity contribution >= 4 is 28.6 Å². The van der Waals surface area contributed by atoms with Gasteiger partial charge in [0.05, 0.1) is 0 Å². The Hall–Kier alpha value is -3.18. The molecule has 5 nitrogen and oxygen atoms in total. The monoisotopic (exact) mass is 363 g/mol. The lowest BCUT2D eigenvalue weighted by Gasteiger charge is -2.05. The van der Waals surface area contributed by atoms with Crippen LogP contribution in [-0.4, -0.2) is 15.9 Å². The summed E-state index contributed by atoms with van der Waals surface area (Å²) in [6, 6.07) is 16.2. The predicted molar refractivity (Wildman–Crippen MR) is 99.9 cm³/mol. The molecule has 0 bridgehead atoms. The van der Waals surface area contributed by atoms with E-state index < -0.39 is 0 Å². The molecule has 26 heavy (non-hydrogen) atoms. The number of aromatic nitrogens is 2. The molecule has 2 heterocycles. The van der Waals surface area contributed by atoms with E-state index in [0.717, 1.165) is 11.1 Å². The van der Waals surface area contributed by atoms with Crippen LogP contribution in [-0.2, 0) is 6.54 Å². The van der Waals surface area contributed by atoms with E-state index in [1.807, 2.05) is 24.3 Å². The zero-order valence-corrected chi connectivity index (χ0v) is 14.4. The highest BCUT2D eigenvalue weighted by Crippen LogP contribution is 2.24. The molecule has 0 aliphatic rings. The van der Waals surface area contributed by atoms with Crippen LogP contribution in [0, 0.1) is 0 Å². The van der Waals surface area contributed by atoms with Crippen molar-refractivity contribution in [3.63, 3.8) is 0 Å². The SMILES string of the molecule is O=C(NCc1ccc(Cl)cc1)c1ccc2nc(-c3ccncc3)oc2c1. The topological polar surface area (TPSA) is 68.0 Å². The van der Waals surface area contributed by atoms with Crippen molar-refractivity contribution in [3.8, 4) is 11.5 Å². The number of carbonyl (C=O) groups excluding carboxylic acids is 1. The molecular weight excluding hydrogens is 350 g/mol. The van der Waals surface area contributed by atoms with Crippen LogP contribution < -0.4 is 5.32 Å². The Bertz CT molecular complexity index is 1060. The molecule has 4 aromatic rings. The smallest absolute Gasteiger partial charge is 0.251 e. The van der Waals surface area contributed by atoms with Crippen LogP contribution in [0.2, 0.25) is 5.02 Å². The van der Waals surface area contributed by atoms with Crippen molar-refractivity contribution in [2.75, 3.05) is 0 Å². The molecule has 0 saturated heterocycles. The summed E-state index contributed by atoms with van der Waals surface area (Å²) in [5, 5.41) is 3.55. The van der Waals surface area contributed by atoms with Gasteiger partial charge in [0.1, 0.15) is 5.52 Å². The third-order valence-electron chi connectivity index (χ3n) is 3.94. The summed E-state index contributed by atoms with van der Waals surface area (Å²) in [6.45, 7) is 0.423. The van der Waals surface area contributed by atoms with Gasteiger partial charge in [0.15, 0.2) is 5.58 Å². The zero-order chi connectivity index (χ0) is 17.9. The second kappa shape index (κ2) is 6.98. The Labute approximate surface area is 154 Å². The largest absolute Gasteiger partial charge is 0.436 e. The predicted octanol–water partition coefficient (Wildman–Crippen LogP) is 4.47. The van der Waals surface area contributed by atoms with E-state index in [-0.39, 0.29) is 5.91 Å². The number of fused-ring (bicyclic) bond motifs is 1. The highest BCUT2D eigenvalue weighted by Gasteiger charge is 2.12. The van der Waals surface area contributed by atoms with E-state index in [4.69, 9.17) is 16.0 Å². The van der Waals surface area contributed by atoms with Crippen LogP contribution in [0.1, 0.15) is 15.9 Å². The van der Waals surface area contributed by atoms with Gasteiger partial charge in [-0.2, -0.15) is 0 Å². The van der Waals surface area contributed by atoms with E-state index in [1.54, 1.807) is 42.7 Å². The van der Waals surface area contributed by atoms with E-state index >= 15 is 0 Å². The van der Waals surface area contributed by atoms with Crippen molar-refractivity contribution in [2.24, 2.45) is 0 Å². The first-order valence-electron chi connectivity index (χ1n) is 8.03. The molecule has 0 atom stereocenters. The molecular formula is C20H14ClN3O2. The number of nitrogens with one attached hydrogen (secondary N) is 1. The third kappa shape index (κ3) is 3.43. The maximum atomic E-state index is 12.4. The molecule has 0 radical (unpaired) electrons.